The first-order valence-corrected chi connectivity index (χ1v) is 7.63. The van der Waals surface area contributed by atoms with Gasteiger partial charge in [0.1, 0.15) is 0 Å². The number of rotatable bonds is 4. The molecule has 0 saturated carbocycles. The van der Waals surface area contributed by atoms with Gasteiger partial charge in [-0.15, -0.1) is 0 Å². The Balaban J connectivity index is 2.02. The Kier molecular flexibility index (Phi) is 4.87. The molecule has 0 aromatic rings. The Bertz CT molecular complexity index is 223. The van der Waals surface area contributed by atoms with Crippen LogP contribution >= 0.6 is 0 Å². The maximum atomic E-state index is 5.95. The molecule has 0 amide bonds. The van der Waals surface area contributed by atoms with E-state index in [4.69, 9.17) is 4.74 Å². The number of nitrogens with one attached hydrogen (secondary N) is 1. The topological polar surface area (TPSA) is 21.3 Å². The molecule has 2 aliphatic rings. The normalized spacial score (nSPS) is 38.5. The van der Waals surface area contributed by atoms with Crippen LogP contribution < -0.4 is 5.32 Å². The van der Waals surface area contributed by atoms with Gasteiger partial charge in [-0.2, -0.15) is 0 Å². The minimum absolute atomic E-state index is 0.547. The Morgan fingerprint density at radius 1 is 1.18 bits per heavy atom. The largest absolute Gasteiger partial charge is 0.378 e. The van der Waals surface area contributed by atoms with Crippen molar-refractivity contribution in [3.8, 4) is 0 Å². The molecule has 2 heteroatoms. The van der Waals surface area contributed by atoms with Crippen LogP contribution in [0.3, 0.4) is 0 Å². The van der Waals surface area contributed by atoms with Gasteiger partial charge in [0.25, 0.3) is 0 Å². The minimum atomic E-state index is 0.547. The smallest absolute Gasteiger partial charge is 0.0580 e. The number of hydrogen-bond acceptors (Lipinski definition) is 2. The summed E-state index contributed by atoms with van der Waals surface area (Å²) in [6, 6.07) is 0. The third-order valence-corrected chi connectivity index (χ3v) is 4.89. The molecule has 2 nitrogen and oxygen atoms in total. The van der Waals surface area contributed by atoms with Crippen LogP contribution in [0.4, 0.5) is 0 Å². The van der Waals surface area contributed by atoms with Crippen molar-refractivity contribution in [2.75, 3.05) is 19.7 Å². The van der Waals surface area contributed by atoms with E-state index in [9.17, 15) is 0 Å². The van der Waals surface area contributed by atoms with Gasteiger partial charge in [0.2, 0.25) is 0 Å². The number of ether oxygens (including phenoxy) is 1. The van der Waals surface area contributed by atoms with Crippen LogP contribution in [-0.2, 0) is 4.74 Å². The van der Waals surface area contributed by atoms with Gasteiger partial charge in [0.15, 0.2) is 0 Å². The summed E-state index contributed by atoms with van der Waals surface area (Å²) < 4.78 is 5.95. The van der Waals surface area contributed by atoms with E-state index >= 15 is 0 Å². The van der Waals surface area contributed by atoms with Crippen molar-refractivity contribution in [1.29, 1.82) is 0 Å². The fraction of sp³-hybridized carbons (Fsp3) is 1.00. The van der Waals surface area contributed by atoms with Crippen LogP contribution in [0.2, 0.25) is 0 Å². The van der Waals surface area contributed by atoms with Gasteiger partial charge < -0.3 is 10.1 Å². The maximum Gasteiger partial charge on any atom is 0.0580 e. The van der Waals surface area contributed by atoms with Gasteiger partial charge in [-0.25, -0.2) is 0 Å². The molecule has 100 valence electrons. The molecule has 2 aliphatic heterocycles. The van der Waals surface area contributed by atoms with Crippen molar-refractivity contribution in [3.63, 3.8) is 0 Å². The predicted octanol–water partition coefficient (Wildman–Crippen LogP) is 3.36. The second kappa shape index (κ2) is 6.19. The molecular formula is C15H29NO. The van der Waals surface area contributed by atoms with Crippen LogP contribution in [0.5, 0.6) is 0 Å². The zero-order chi connectivity index (χ0) is 12.1. The summed E-state index contributed by atoms with van der Waals surface area (Å²) >= 11 is 0. The van der Waals surface area contributed by atoms with E-state index in [1.807, 2.05) is 0 Å². The summed E-state index contributed by atoms with van der Waals surface area (Å²) in [5, 5.41) is 3.60. The predicted molar refractivity (Wildman–Crippen MR) is 72.2 cm³/mol. The van der Waals surface area contributed by atoms with Crippen LogP contribution in [0.1, 0.15) is 58.8 Å². The first-order valence-electron chi connectivity index (χ1n) is 7.63. The van der Waals surface area contributed by atoms with Crippen molar-refractivity contribution in [3.05, 3.63) is 0 Å². The van der Waals surface area contributed by atoms with Gasteiger partial charge in [-0.05, 0) is 56.5 Å². The molecule has 0 aliphatic carbocycles. The van der Waals surface area contributed by atoms with Crippen molar-refractivity contribution in [2.24, 2.45) is 11.3 Å². The molecule has 0 aromatic heterocycles. The van der Waals surface area contributed by atoms with Crippen molar-refractivity contribution in [1.82, 2.24) is 5.32 Å². The fourth-order valence-electron chi connectivity index (χ4n) is 3.94. The molecule has 2 rings (SSSR count). The summed E-state index contributed by atoms with van der Waals surface area (Å²) in [5.41, 5.74) is 0.610. The Hall–Kier alpha value is -0.0800. The maximum absolute atomic E-state index is 5.95. The quantitative estimate of drug-likeness (QED) is 0.812. The first-order chi connectivity index (χ1) is 8.30. The number of hydrogen-bond donors (Lipinski definition) is 1. The average molecular weight is 239 g/mol. The van der Waals surface area contributed by atoms with Crippen LogP contribution in [-0.4, -0.2) is 25.8 Å². The molecule has 17 heavy (non-hydrogen) atoms. The molecule has 0 radical (unpaired) electrons. The van der Waals surface area contributed by atoms with E-state index in [2.05, 4.69) is 19.2 Å². The molecule has 3 atom stereocenters. The van der Waals surface area contributed by atoms with Gasteiger partial charge in [0.05, 0.1) is 6.10 Å². The monoisotopic (exact) mass is 239 g/mol. The second-order valence-electron chi connectivity index (χ2n) is 6.04. The minimum Gasteiger partial charge on any atom is -0.378 e. The molecule has 2 saturated heterocycles. The summed E-state index contributed by atoms with van der Waals surface area (Å²) in [7, 11) is 0. The highest BCUT2D eigenvalue weighted by atomic mass is 16.5. The molecule has 0 bridgehead atoms. The first kappa shape index (κ1) is 13.4. The third-order valence-electron chi connectivity index (χ3n) is 4.89. The van der Waals surface area contributed by atoms with Crippen molar-refractivity contribution in [2.45, 2.75) is 64.9 Å². The van der Waals surface area contributed by atoms with E-state index < -0.39 is 0 Å². The van der Waals surface area contributed by atoms with E-state index in [0.717, 1.165) is 12.5 Å². The number of piperidine rings is 1. The van der Waals surface area contributed by atoms with Crippen LogP contribution in [0.25, 0.3) is 0 Å². The molecule has 0 aromatic carbocycles. The highest BCUT2D eigenvalue weighted by molar-refractivity contribution is 4.95. The van der Waals surface area contributed by atoms with Crippen molar-refractivity contribution < 1.29 is 4.74 Å². The third kappa shape index (κ3) is 3.03. The zero-order valence-electron chi connectivity index (χ0n) is 11.6. The van der Waals surface area contributed by atoms with Gasteiger partial charge >= 0.3 is 0 Å². The Morgan fingerprint density at radius 2 is 2.00 bits per heavy atom. The standard InChI is InChI=1S/C15H29NO/c1-3-5-13-12-16-9-7-15(13)8-10-17-14(11-15)6-4-2/h13-14,16H,3-12H2,1-2H3. The Morgan fingerprint density at radius 3 is 2.76 bits per heavy atom. The molecule has 1 spiro atoms. The lowest BCUT2D eigenvalue weighted by Gasteiger charge is -2.49. The summed E-state index contributed by atoms with van der Waals surface area (Å²) in [4.78, 5) is 0. The summed E-state index contributed by atoms with van der Waals surface area (Å²) in [6.07, 6.45) is 9.80. The average Bonchev–Trinajstić information content (AvgIpc) is 2.33. The SMILES string of the molecule is CCCC1CC2(CCNCC2CCC)CCO1. The summed E-state index contributed by atoms with van der Waals surface area (Å²) in [5.74, 6) is 0.893. The molecule has 2 heterocycles. The fourth-order valence-corrected chi connectivity index (χ4v) is 3.94. The highest BCUT2D eigenvalue weighted by Crippen LogP contribution is 2.47. The van der Waals surface area contributed by atoms with E-state index in [-0.39, 0.29) is 0 Å². The summed E-state index contributed by atoms with van der Waals surface area (Å²) in [6.45, 7) is 8.07. The van der Waals surface area contributed by atoms with Gasteiger partial charge in [-0.1, -0.05) is 26.7 Å². The van der Waals surface area contributed by atoms with E-state index in [1.165, 1.54) is 58.0 Å². The zero-order valence-corrected chi connectivity index (χ0v) is 11.6. The van der Waals surface area contributed by atoms with Crippen molar-refractivity contribution >= 4 is 0 Å². The lowest BCUT2D eigenvalue weighted by atomic mass is 9.63. The van der Waals surface area contributed by atoms with E-state index in [1.54, 1.807) is 0 Å². The van der Waals surface area contributed by atoms with Crippen LogP contribution in [0, 0.1) is 11.3 Å². The molecular weight excluding hydrogens is 210 g/mol. The van der Waals surface area contributed by atoms with Gasteiger partial charge in [0, 0.05) is 6.61 Å². The molecule has 2 fully saturated rings. The second-order valence-corrected chi connectivity index (χ2v) is 6.04. The van der Waals surface area contributed by atoms with E-state index in [0.29, 0.717) is 11.5 Å². The van der Waals surface area contributed by atoms with Gasteiger partial charge in [-0.3, -0.25) is 0 Å². The van der Waals surface area contributed by atoms with Crippen LogP contribution in [0.15, 0.2) is 0 Å². The molecule has 1 N–H and O–H groups in total. The lowest BCUT2D eigenvalue weighted by molar-refractivity contribution is -0.0868. The lowest BCUT2D eigenvalue weighted by Crippen LogP contribution is -2.49. The molecule has 3 unspecified atom stereocenters. The highest BCUT2D eigenvalue weighted by Gasteiger charge is 2.43. The Labute approximate surface area is 107 Å².